The normalized spacial score (nSPS) is 10.5. The van der Waals surface area contributed by atoms with Gasteiger partial charge in [-0.2, -0.15) is 0 Å². The van der Waals surface area contributed by atoms with Crippen LogP contribution in [0.1, 0.15) is 11.1 Å². The van der Waals surface area contributed by atoms with Crippen LogP contribution < -0.4 is 11.1 Å². The summed E-state index contributed by atoms with van der Waals surface area (Å²) in [5.74, 6) is -4.88. The maximum absolute atomic E-state index is 13.5. The van der Waals surface area contributed by atoms with E-state index in [0.29, 0.717) is 5.56 Å². The van der Waals surface area contributed by atoms with Gasteiger partial charge in [-0.3, -0.25) is 4.79 Å². The SMILES string of the molecule is NCc1ccccc1CC(=O)Nc1ccc(F)c(F)c1F. The van der Waals surface area contributed by atoms with Crippen LogP contribution in [-0.4, -0.2) is 5.91 Å². The molecule has 21 heavy (non-hydrogen) atoms. The van der Waals surface area contributed by atoms with Gasteiger partial charge in [-0.15, -0.1) is 0 Å². The first-order chi connectivity index (χ1) is 10.0. The number of carbonyl (C=O) groups excluding carboxylic acids is 1. The van der Waals surface area contributed by atoms with E-state index >= 15 is 0 Å². The smallest absolute Gasteiger partial charge is 0.228 e. The van der Waals surface area contributed by atoms with Gasteiger partial charge in [-0.05, 0) is 23.3 Å². The van der Waals surface area contributed by atoms with Gasteiger partial charge in [-0.25, -0.2) is 13.2 Å². The molecule has 1 amide bonds. The second kappa shape index (κ2) is 6.41. The molecule has 110 valence electrons. The van der Waals surface area contributed by atoms with Crippen molar-refractivity contribution in [2.75, 3.05) is 5.32 Å². The molecule has 0 atom stereocenters. The lowest BCUT2D eigenvalue weighted by atomic mass is 10.0. The summed E-state index contributed by atoms with van der Waals surface area (Å²) < 4.78 is 39.3. The predicted octanol–water partition coefficient (Wildman–Crippen LogP) is 2.74. The zero-order valence-corrected chi connectivity index (χ0v) is 11.0. The van der Waals surface area contributed by atoms with E-state index in [9.17, 15) is 18.0 Å². The van der Waals surface area contributed by atoms with E-state index in [1.807, 2.05) is 0 Å². The molecule has 0 aromatic heterocycles. The molecule has 2 aromatic carbocycles. The number of amides is 1. The molecule has 3 N–H and O–H groups in total. The van der Waals surface area contributed by atoms with Crippen LogP contribution in [0.15, 0.2) is 36.4 Å². The number of halogens is 3. The van der Waals surface area contributed by atoms with Crippen LogP contribution in [-0.2, 0) is 17.8 Å². The van der Waals surface area contributed by atoms with Crippen molar-refractivity contribution in [1.82, 2.24) is 0 Å². The lowest BCUT2D eigenvalue weighted by molar-refractivity contribution is -0.115. The fourth-order valence-corrected chi connectivity index (χ4v) is 1.92. The van der Waals surface area contributed by atoms with Crippen LogP contribution in [0.3, 0.4) is 0 Å². The molecule has 0 aliphatic carbocycles. The highest BCUT2D eigenvalue weighted by Crippen LogP contribution is 2.20. The Morgan fingerprint density at radius 2 is 1.67 bits per heavy atom. The molecule has 0 radical (unpaired) electrons. The Labute approximate surface area is 119 Å². The predicted molar refractivity (Wildman–Crippen MR) is 73.0 cm³/mol. The second-order valence-electron chi connectivity index (χ2n) is 4.42. The van der Waals surface area contributed by atoms with Gasteiger partial charge in [0.05, 0.1) is 12.1 Å². The van der Waals surface area contributed by atoms with Crippen LogP contribution >= 0.6 is 0 Å². The van der Waals surface area contributed by atoms with Gasteiger partial charge >= 0.3 is 0 Å². The van der Waals surface area contributed by atoms with Gasteiger partial charge in [-0.1, -0.05) is 24.3 Å². The molecule has 0 aliphatic heterocycles. The quantitative estimate of drug-likeness (QED) is 0.852. The van der Waals surface area contributed by atoms with E-state index in [1.165, 1.54) is 0 Å². The summed E-state index contributed by atoms with van der Waals surface area (Å²) in [6.45, 7) is 0.267. The second-order valence-corrected chi connectivity index (χ2v) is 4.42. The van der Waals surface area contributed by atoms with E-state index in [0.717, 1.165) is 17.7 Å². The number of nitrogens with two attached hydrogens (primary N) is 1. The van der Waals surface area contributed by atoms with Crippen molar-refractivity contribution >= 4 is 11.6 Å². The molecule has 0 saturated carbocycles. The molecule has 0 aliphatic rings. The highest BCUT2D eigenvalue weighted by atomic mass is 19.2. The molecule has 0 fully saturated rings. The van der Waals surface area contributed by atoms with E-state index in [2.05, 4.69) is 5.32 Å². The minimum Gasteiger partial charge on any atom is -0.326 e. The highest BCUT2D eigenvalue weighted by Gasteiger charge is 2.15. The zero-order valence-electron chi connectivity index (χ0n) is 11.0. The number of hydrogen-bond donors (Lipinski definition) is 2. The summed E-state index contributed by atoms with van der Waals surface area (Å²) in [5, 5.41) is 2.22. The first-order valence-electron chi connectivity index (χ1n) is 6.23. The Morgan fingerprint density at radius 3 is 2.33 bits per heavy atom. The third-order valence-corrected chi connectivity index (χ3v) is 3.00. The van der Waals surface area contributed by atoms with E-state index in [4.69, 9.17) is 5.73 Å². The number of anilines is 1. The zero-order chi connectivity index (χ0) is 15.4. The molecule has 2 rings (SSSR count). The van der Waals surface area contributed by atoms with Crippen molar-refractivity contribution in [3.8, 4) is 0 Å². The van der Waals surface area contributed by atoms with Crippen LogP contribution in [0.5, 0.6) is 0 Å². The Morgan fingerprint density at radius 1 is 1.00 bits per heavy atom. The van der Waals surface area contributed by atoms with Gasteiger partial charge in [0.2, 0.25) is 5.91 Å². The van der Waals surface area contributed by atoms with Gasteiger partial charge in [0.25, 0.3) is 0 Å². The highest BCUT2D eigenvalue weighted by molar-refractivity contribution is 5.92. The van der Waals surface area contributed by atoms with E-state index in [-0.39, 0.29) is 13.0 Å². The summed E-state index contributed by atoms with van der Waals surface area (Å²) in [6, 6.07) is 8.77. The fraction of sp³-hybridized carbons (Fsp3) is 0.133. The molecule has 0 saturated heterocycles. The average Bonchev–Trinajstić information content (AvgIpc) is 2.48. The largest absolute Gasteiger partial charge is 0.326 e. The molecule has 0 heterocycles. The Bertz CT molecular complexity index is 674. The third-order valence-electron chi connectivity index (χ3n) is 3.00. The summed E-state index contributed by atoms with van der Waals surface area (Å²) in [5.41, 5.74) is 6.64. The maximum atomic E-state index is 13.5. The van der Waals surface area contributed by atoms with Crippen molar-refractivity contribution in [2.45, 2.75) is 13.0 Å². The number of benzene rings is 2. The number of hydrogen-bond acceptors (Lipinski definition) is 2. The van der Waals surface area contributed by atoms with Gasteiger partial charge in [0.1, 0.15) is 0 Å². The summed E-state index contributed by atoms with van der Waals surface area (Å²) in [7, 11) is 0. The van der Waals surface area contributed by atoms with Crippen LogP contribution in [0.4, 0.5) is 18.9 Å². The summed E-state index contributed by atoms with van der Waals surface area (Å²) in [4.78, 5) is 11.9. The molecule has 3 nitrogen and oxygen atoms in total. The van der Waals surface area contributed by atoms with Crippen molar-refractivity contribution < 1.29 is 18.0 Å². The first kappa shape index (κ1) is 15.1. The third kappa shape index (κ3) is 3.41. The topological polar surface area (TPSA) is 55.1 Å². The Kier molecular flexibility index (Phi) is 4.59. The minimum atomic E-state index is -1.62. The van der Waals surface area contributed by atoms with Gasteiger partial charge in [0, 0.05) is 6.54 Å². The Hall–Kier alpha value is -2.34. The molecule has 6 heteroatoms. The van der Waals surface area contributed by atoms with Crippen molar-refractivity contribution in [3.05, 3.63) is 65.0 Å². The number of nitrogens with one attached hydrogen (secondary N) is 1. The monoisotopic (exact) mass is 294 g/mol. The maximum Gasteiger partial charge on any atom is 0.228 e. The van der Waals surface area contributed by atoms with Crippen molar-refractivity contribution in [1.29, 1.82) is 0 Å². The van der Waals surface area contributed by atoms with Crippen molar-refractivity contribution in [3.63, 3.8) is 0 Å². The molecular weight excluding hydrogens is 281 g/mol. The number of rotatable bonds is 4. The molecule has 0 spiro atoms. The lowest BCUT2D eigenvalue weighted by Crippen LogP contribution is -2.17. The molecular formula is C15H13F3N2O. The van der Waals surface area contributed by atoms with Gasteiger partial charge in [0.15, 0.2) is 17.5 Å². The average molecular weight is 294 g/mol. The fourth-order valence-electron chi connectivity index (χ4n) is 1.92. The standard InChI is InChI=1S/C15H13F3N2O/c16-11-5-6-12(15(18)14(11)17)20-13(21)7-9-3-1-2-4-10(9)8-19/h1-6H,7-8,19H2,(H,20,21). The van der Waals surface area contributed by atoms with E-state index in [1.54, 1.807) is 24.3 Å². The van der Waals surface area contributed by atoms with Crippen LogP contribution in [0, 0.1) is 17.5 Å². The summed E-state index contributed by atoms with van der Waals surface area (Å²) in [6.07, 6.45) is -0.0359. The molecule has 2 aromatic rings. The van der Waals surface area contributed by atoms with Crippen LogP contribution in [0.2, 0.25) is 0 Å². The van der Waals surface area contributed by atoms with Gasteiger partial charge < -0.3 is 11.1 Å². The first-order valence-corrected chi connectivity index (χ1v) is 6.23. The van der Waals surface area contributed by atoms with E-state index < -0.39 is 29.0 Å². The molecule has 0 unspecified atom stereocenters. The lowest BCUT2D eigenvalue weighted by Gasteiger charge is -2.09. The number of carbonyl (C=O) groups is 1. The molecule has 0 bridgehead atoms. The minimum absolute atomic E-state index is 0.0359. The Balaban J connectivity index is 2.14. The van der Waals surface area contributed by atoms with Crippen molar-refractivity contribution in [2.24, 2.45) is 5.73 Å². The summed E-state index contributed by atoms with van der Waals surface area (Å²) >= 11 is 0. The van der Waals surface area contributed by atoms with Crippen LogP contribution in [0.25, 0.3) is 0 Å².